The molecular weight excluding hydrogens is 302 g/mol. The van der Waals surface area contributed by atoms with Gasteiger partial charge in [-0.05, 0) is 18.9 Å². The van der Waals surface area contributed by atoms with Crippen LogP contribution < -0.4 is 5.43 Å². The lowest BCUT2D eigenvalue weighted by molar-refractivity contribution is -0.393. The fraction of sp³-hybridized carbons (Fsp3) is 0.429. The first-order valence-electron chi connectivity index (χ1n) is 6.93. The summed E-state index contributed by atoms with van der Waals surface area (Å²) in [6.07, 6.45) is 1.49. The number of hydrogen-bond acceptors (Lipinski definition) is 7. The molecule has 1 saturated carbocycles. The maximum absolute atomic E-state index is 11.1. The van der Waals surface area contributed by atoms with Crippen molar-refractivity contribution in [3.05, 3.63) is 38.4 Å². The molecule has 9 heteroatoms. The van der Waals surface area contributed by atoms with Gasteiger partial charge in [0.2, 0.25) is 0 Å². The molecule has 0 amide bonds. The highest BCUT2D eigenvalue weighted by Gasteiger charge is 2.38. The smallest absolute Gasteiger partial charge is 0.272 e. The highest BCUT2D eigenvalue weighted by Crippen LogP contribution is 2.38. The van der Waals surface area contributed by atoms with Crippen LogP contribution in [0.15, 0.2) is 23.3 Å². The van der Waals surface area contributed by atoms with Crippen LogP contribution in [0, 0.1) is 42.9 Å². The molecule has 1 aliphatic rings. The van der Waals surface area contributed by atoms with E-state index in [9.17, 15) is 20.2 Å². The quantitative estimate of drug-likeness (QED) is 0.669. The third-order valence-corrected chi connectivity index (χ3v) is 3.92. The van der Waals surface area contributed by atoms with Crippen molar-refractivity contribution in [2.75, 3.05) is 5.43 Å². The normalized spacial score (nSPS) is 20.9. The van der Waals surface area contributed by atoms with Crippen LogP contribution in [0.5, 0.6) is 0 Å². The fourth-order valence-electron chi connectivity index (χ4n) is 2.60. The molecule has 0 saturated heterocycles. The third kappa shape index (κ3) is 3.26. The van der Waals surface area contributed by atoms with Crippen molar-refractivity contribution in [2.45, 2.75) is 26.7 Å². The van der Waals surface area contributed by atoms with E-state index in [4.69, 9.17) is 5.26 Å². The average Bonchev–Trinajstić information content (AvgIpc) is 2.78. The number of anilines is 1. The van der Waals surface area contributed by atoms with E-state index in [1.165, 1.54) is 6.07 Å². The number of nitro benzene ring substituents is 2. The minimum absolute atomic E-state index is 0.0486. The largest absolute Gasteiger partial charge is 0.301 e. The Morgan fingerprint density at radius 2 is 2.04 bits per heavy atom. The summed E-state index contributed by atoms with van der Waals surface area (Å²) < 4.78 is 0. The molecule has 1 atom stereocenters. The van der Waals surface area contributed by atoms with Crippen molar-refractivity contribution >= 4 is 22.8 Å². The van der Waals surface area contributed by atoms with E-state index in [-0.39, 0.29) is 22.7 Å². The molecule has 9 nitrogen and oxygen atoms in total. The third-order valence-electron chi connectivity index (χ3n) is 3.92. The Balaban J connectivity index is 2.37. The van der Waals surface area contributed by atoms with Crippen molar-refractivity contribution in [1.82, 2.24) is 0 Å². The van der Waals surface area contributed by atoms with E-state index in [2.05, 4.69) is 16.6 Å². The summed E-state index contributed by atoms with van der Waals surface area (Å²) in [6, 6.07) is 5.46. The van der Waals surface area contributed by atoms with Gasteiger partial charge in [-0.1, -0.05) is 13.8 Å². The Hall–Kier alpha value is -3.02. The Labute approximate surface area is 131 Å². The number of nitrogens with zero attached hydrogens (tertiary/aromatic N) is 4. The van der Waals surface area contributed by atoms with Crippen LogP contribution in [0.1, 0.15) is 26.7 Å². The summed E-state index contributed by atoms with van der Waals surface area (Å²) in [5.74, 6) is -0.338. The minimum atomic E-state index is -0.711. The SMILES string of the molecule is CC1(C)CCC(C#N)/C1=N\Nc1ccc([N+](=O)[O-])cc1[N+](=O)[O-]. The molecule has 0 bridgehead atoms. The van der Waals surface area contributed by atoms with Crippen molar-refractivity contribution in [3.8, 4) is 6.07 Å². The van der Waals surface area contributed by atoms with E-state index >= 15 is 0 Å². The summed E-state index contributed by atoms with van der Waals surface area (Å²) in [5, 5.41) is 35.2. The van der Waals surface area contributed by atoms with Crippen molar-refractivity contribution in [1.29, 1.82) is 5.26 Å². The van der Waals surface area contributed by atoms with Gasteiger partial charge in [0.05, 0.1) is 33.6 Å². The standard InChI is InChI=1S/C14H15N5O4/c1-14(2)6-5-9(8-15)13(14)17-16-11-4-3-10(18(20)21)7-12(11)19(22)23/h3-4,7,9,16H,5-6H2,1-2H3/b17-13+. The van der Waals surface area contributed by atoms with Gasteiger partial charge in [0, 0.05) is 11.5 Å². The van der Waals surface area contributed by atoms with Crippen LogP contribution in [-0.2, 0) is 0 Å². The second-order valence-corrected chi connectivity index (χ2v) is 5.93. The first-order valence-corrected chi connectivity index (χ1v) is 6.93. The van der Waals surface area contributed by atoms with Crippen LogP contribution in [0.25, 0.3) is 0 Å². The van der Waals surface area contributed by atoms with Gasteiger partial charge in [0.25, 0.3) is 5.69 Å². The number of nitriles is 1. The molecule has 0 radical (unpaired) electrons. The zero-order chi connectivity index (χ0) is 17.2. The maximum Gasteiger partial charge on any atom is 0.301 e. The first kappa shape index (κ1) is 16.4. The lowest BCUT2D eigenvalue weighted by Gasteiger charge is -2.19. The van der Waals surface area contributed by atoms with Crippen LogP contribution >= 0.6 is 0 Å². The predicted octanol–water partition coefficient (Wildman–Crippen LogP) is 3.23. The number of benzene rings is 1. The fourth-order valence-corrected chi connectivity index (χ4v) is 2.60. The van der Waals surface area contributed by atoms with E-state index < -0.39 is 15.5 Å². The molecule has 1 fully saturated rings. The highest BCUT2D eigenvalue weighted by molar-refractivity contribution is 5.96. The Morgan fingerprint density at radius 1 is 1.35 bits per heavy atom. The van der Waals surface area contributed by atoms with Gasteiger partial charge >= 0.3 is 5.69 Å². The molecule has 0 aromatic heterocycles. The van der Waals surface area contributed by atoms with Crippen LogP contribution in [0.2, 0.25) is 0 Å². The van der Waals surface area contributed by atoms with Crippen molar-refractivity contribution in [3.63, 3.8) is 0 Å². The van der Waals surface area contributed by atoms with Gasteiger partial charge < -0.3 is 0 Å². The van der Waals surface area contributed by atoms with E-state index in [1.807, 2.05) is 13.8 Å². The molecule has 0 aliphatic heterocycles. The van der Waals surface area contributed by atoms with Gasteiger partial charge in [-0.15, -0.1) is 0 Å². The summed E-state index contributed by atoms with van der Waals surface area (Å²) >= 11 is 0. The van der Waals surface area contributed by atoms with Gasteiger partial charge in [-0.2, -0.15) is 10.4 Å². The average molecular weight is 317 g/mol. The number of hydrazone groups is 1. The lowest BCUT2D eigenvalue weighted by Crippen LogP contribution is -2.23. The number of non-ortho nitro benzene ring substituents is 1. The van der Waals surface area contributed by atoms with Gasteiger partial charge in [0.15, 0.2) is 0 Å². The van der Waals surface area contributed by atoms with Gasteiger partial charge in [0.1, 0.15) is 5.69 Å². The molecule has 0 spiro atoms. The monoisotopic (exact) mass is 317 g/mol. The number of nitro groups is 2. The minimum Gasteiger partial charge on any atom is -0.272 e. The van der Waals surface area contributed by atoms with E-state index in [0.29, 0.717) is 12.1 Å². The Morgan fingerprint density at radius 3 is 2.61 bits per heavy atom. The molecule has 1 aromatic rings. The summed E-state index contributed by atoms with van der Waals surface area (Å²) in [7, 11) is 0. The number of hydrogen-bond donors (Lipinski definition) is 1. The number of rotatable bonds is 4. The summed E-state index contributed by atoms with van der Waals surface area (Å²) in [6.45, 7) is 3.91. The molecule has 2 rings (SSSR count). The highest BCUT2D eigenvalue weighted by atomic mass is 16.6. The van der Waals surface area contributed by atoms with Crippen LogP contribution in [0.3, 0.4) is 0 Å². The molecule has 23 heavy (non-hydrogen) atoms. The molecule has 1 aromatic carbocycles. The summed E-state index contributed by atoms with van der Waals surface area (Å²) in [5.41, 5.74) is 2.19. The second-order valence-electron chi connectivity index (χ2n) is 5.93. The molecule has 1 unspecified atom stereocenters. The predicted molar refractivity (Wildman–Crippen MR) is 82.9 cm³/mol. The topological polar surface area (TPSA) is 134 Å². The number of nitrogens with one attached hydrogen (secondary N) is 1. The van der Waals surface area contributed by atoms with E-state index in [1.54, 1.807) is 0 Å². The maximum atomic E-state index is 11.1. The van der Waals surface area contributed by atoms with Crippen LogP contribution in [-0.4, -0.2) is 15.6 Å². The Bertz CT molecular complexity index is 735. The first-order chi connectivity index (χ1) is 10.8. The van der Waals surface area contributed by atoms with Crippen LogP contribution in [0.4, 0.5) is 17.1 Å². The molecule has 0 heterocycles. The zero-order valence-electron chi connectivity index (χ0n) is 12.6. The molecular formula is C14H15N5O4. The summed E-state index contributed by atoms with van der Waals surface area (Å²) in [4.78, 5) is 20.4. The molecule has 1 N–H and O–H groups in total. The van der Waals surface area contributed by atoms with Gasteiger partial charge in [-0.3, -0.25) is 25.7 Å². The lowest BCUT2D eigenvalue weighted by atomic mass is 9.88. The van der Waals surface area contributed by atoms with Crippen molar-refractivity contribution < 1.29 is 9.85 Å². The molecule has 1 aliphatic carbocycles. The van der Waals surface area contributed by atoms with E-state index in [0.717, 1.165) is 18.6 Å². The second kappa shape index (κ2) is 6.00. The zero-order valence-corrected chi connectivity index (χ0v) is 12.6. The van der Waals surface area contributed by atoms with Crippen molar-refractivity contribution in [2.24, 2.45) is 16.4 Å². The Kier molecular flexibility index (Phi) is 4.27. The molecule has 120 valence electrons. The van der Waals surface area contributed by atoms with Gasteiger partial charge in [-0.25, -0.2) is 0 Å².